The van der Waals surface area contributed by atoms with E-state index in [9.17, 15) is 13.6 Å². The number of hydrogen-bond acceptors (Lipinski definition) is 2. The molecule has 0 aliphatic heterocycles. The van der Waals surface area contributed by atoms with Crippen molar-refractivity contribution in [3.8, 4) is 5.69 Å². The first kappa shape index (κ1) is 11.3. The fourth-order valence-electron chi connectivity index (χ4n) is 1.45. The fraction of sp³-hybridized carbons (Fsp3) is 0.0909. The monoisotopic (exact) mass is 238 g/mol. The molecule has 2 aromatic rings. The molecule has 0 aliphatic rings. The van der Waals surface area contributed by atoms with Crippen LogP contribution >= 0.6 is 0 Å². The van der Waals surface area contributed by atoms with E-state index in [0.717, 1.165) is 16.8 Å². The number of benzene rings is 1. The summed E-state index contributed by atoms with van der Waals surface area (Å²) in [5.41, 5.74) is -0.221. The van der Waals surface area contributed by atoms with Crippen LogP contribution in [0.25, 0.3) is 5.69 Å². The van der Waals surface area contributed by atoms with Gasteiger partial charge in [-0.15, -0.1) is 0 Å². The number of rotatable bonds is 2. The van der Waals surface area contributed by atoms with Crippen molar-refractivity contribution in [2.75, 3.05) is 0 Å². The van der Waals surface area contributed by atoms with Crippen molar-refractivity contribution in [1.29, 1.82) is 0 Å². The number of carbonyl (C=O) groups is 1. The zero-order valence-electron chi connectivity index (χ0n) is 8.82. The first-order valence-electron chi connectivity index (χ1n) is 4.74. The van der Waals surface area contributed by atoms with Crippen LogP contribution in [-0.4, -0.2) is 20.9 Å². The maximum Gasteiger partial charge on any atom is 0.335 e. The Morgan fingerprint density at radius 1 is 1.35 bits per heavy atom. The molecule has 17 heavy (non-hydrogen) atoms. The van der Waals surface area contributed by atoms with E-state index in [0.29, 0.717) is 5.69 Å². The summed E-state index contributed by atoms with van der Waals surface area (Å²) < 4.78 is 28.2. The van der Waals surface area contributed by atoms with Gasteiger partial charge in [0, 0.05) is 6.20 Å². The molecule has 2 rings (SSSR count). The van der Waals surface area contributed by atoms with Gasteiger partial charge >= 0.3 is 5.97 Å². The van der Waals surface area contributed by atoms with Gasteiger partial charge in [-0.25, -0.2) is 18.3 Å². The average molecular weight is 238 g/mol. The molecule has 0 saturated carbocycles. The van der Waals surface area contributed by atoms with Gasteiger partial charge in [0.25, 0.3) is 0 Å². The van der Waals surface area contributed by atoms with Crippen LogP contribution in [0, 0.1) is 18.6 Å². The highest BCUT2D eigenvalue weighted by Gasteiger charge is 2.16. The van der Waals surface area contributed by atoms with Crippen molar-refractivity contribution in [1.82, 2.24) is 9.78 Å². The van der Waals surface area contributed by atoms with Crippen LogP contribution in [0.3, 0.4) is 0 Å². The molecule has 0 unspecified atom stereocenters. The highest BCUT2D eigenvalue weighted by Crippen LogP contribution is 2.19. The molecule has 0 fully saturated rings. The Morgan fingerprint density at radius 3 is 2.35 bits per heavy atom. The van der Waals surface area contributed by atoms with Crippen LogP contribution in [0.1, 0.15) is 16.1 Å². The first-order chi connectivity index (χ1) is 7.99. The topological polar surface area (TPSA) is 55.1 Å². The number of hydrogen-bond donors (Lipinski definition) is 1. The summed E-state index contributed by atoms with van der Waals surface area (Å²) in [4.78, 5) is 10.6. The van der Waals surface area contributed by atoms with Crippen molar-refractivity contribution in [2.24, 2.45) is 0 Å². The minimum Gasteiger partial charge on any atom is -0.478 e. The van der Waals surface area contributed by atoms with Crippen molar-refractivity contribution < 1.29 is 18.7 Å². The lowest BCUT2D eigenvalue weighted by Gasteiger charge is -2.06. The van der Waals surface area contributed by atoms with Gasteiger partial charge in [0.05, 0.1) is 11.3 Å². The Balaban J connectivity index is 2.60. The quantitative estimate of drug-likeness (QED) is 0.872. The third-order valence-corrected chi connectivity index (χ3v) is 2.22. The third-order valence-electron chi connectivity index (χ3n) is 2.22. The minimum absolute atomic E-state index is 0.386. The summed E-state index contributed by atoms with van der Waals surface area (Å²) in [7, 11) is 0. The Labute approximate surface area is 95.1 Å². The van der Waals surface area contributed by atoms with E-state index < -0.39 is 23.2 Å². The molecule has 4 nitrogen and oxygen atoms in total. The third kappa shape index (κ3) is 2.01. The number of aryl methyl sites for hydroxylation is 1. The van der Waals surface area contributed by atoms with Gasteiger partial charge in [-0.05, 0) is 25.1 Å². The molecule has 1 heterocycles. The summed E-state index contributed by atoms with van der Waals surface area (Å²) in [5, 5.41) is 12.5. The minimum atomic E-state index is -1.38. The van der Waals surface area contributed by atoms with Gasteiger partial charge < -0.3 is 5.11 Å². The van der Waals surface area contributed by atoms with Crippen LogP contribution in [0.15, 0.2) is 24.4 Å². The molecule has 88 valence electrons. The SMILES string of the molecule is Cc1ccn(-c2c(F)cc(C(=O)O)cc2F)n1. The predicted molar refractivity (Wildman–Crippen MR) is 55.2 cm³/mol. The van der Waals surface area contributed by atoms with E-state index in [4.69, 9.17) is 5.11 Å². The summed E-state index contributed by atoms with van der Waals surface area (Å²) in [5.74, 6) is -3.32. The molecule has 1 N–H and O–H groups in total. The Bertz CT molecular complexity index is 570. The molecule has 0 spiro atoms. The molecule has 0 bridgehead atoms. The number of aromatic nitrogens is 2. The lowest BCUT2D eigenvalue weighted by molar-refractivity contribution is 0.0695. The maximum absolute atomic E-state index is 13.6. The number of carboxylic acids is 1. The van der Waals surface area contributed by atoms with E-state index in [1.807, 2.05) is 0 Å². The van der Waals surface area contributed by atoms with Gasteiger partial charge in [-0.1, -0.05) is 0 Å². The summed E-state index contributed by atoms with van der Waals surface area (Å²) >= 11 is 0. The molecule has 1 aromatic carbocycles. The maximum atomic E-state index is 13.6. The van der Waals surface area contributed by atoms with Crippen LogP contribution < -0.4 is 0 Å². The second-order valence-corrected chi connectivity index (χ2v) is 3.50. The first-order valence-corrected chi connectivity index (χ1v) is 4.74. The van der Waals surface area contributed by atoms with Crippen molar-refractivity contribution >= 4 is 5.97 Å². The van der Waals surface area contributed by atoms with Gasteiger partial charge in [-0.3, -0.25) is 0 Å². The molecular weight excluding hydrogens is 230 g/mol. The smallest absolute Gasteiger partial charge is 0.335 e. The predicted octanol–water partition coefficient (Wildman–Crippen LogP) is 2.16. The number of aromatic carboxylic acids is 1. The van der Waals surface area contributed by atoms with Crippen LogP contribution in [0.4, 0.5) is 8.78 Å². The summed E-state index contributed by atoms with van der Waals surface area (Å²) in [6, 6.07) is 3.11. The average Bonchev–Trinajstić information content (AvgIpc) is 2.63. The van der Waals surface area contributed by atoms with Crippen LogP contribution in [-0.2, 0) is 0 Å². The van der Waals surface area contributed by atoms with Gasteiger partial charge in [0.1, 0.15) is 5.69 Å². The lowest BCUT2D eigenvalue weighted by Crippen LogP contribution is -2.06. The molecular formula is C11H8F2N2O2. The van der Waals surface area contributed by atoms with Gasteiger partial charge in [-0.2, -0.15) is 5.10 Å². The zero-order chi connectivity index (χ0) is 12.6. The molecule has 0 saturated heterocycles. The Morgan fingerprint density at radius 2 is 1.94 bits per heavy atom. The molecule has 0 atom stereocenters. The van der Waals surface area contributed by atoms with E-state index in [2.05, 4.69) is 5.10 Å². The van der Waals surface area contributed by atoms with Crippen LogP contribution in [0.5, 0.6) is 0 Å². The summed E-state index contributed by atoms with van der Waals surface area (Å²) in [6.45, 7) is 1.68. The van der Waals surface area contributed by atoms with E-state index in [1.54, 1.807) is 13.0 Å². The van der Waals surface area contributed by atoms with E-state index in [-0.39, 0.29) is 5.69 Å². The fourth-order valence-corrected chi connectivity index (χ4v) is 1.45. The lowest BCUT2D eigenvalue weighted by atomic mass is 10.2. The highest BCUT2D eigenvalue weighted by molar-refractivity contribution is 5.87. The second-order valence-electron chi connectivity index (χ2n) is 3.50. The number of nitrogens with zero attached hydrogens (tertiary/aromatic N) is 2. The molecule has 0 amide bonds. The molecule has 1 aromatic heterocycles. The van der Waals surface area contributed by atoms with E-state index >= 15 is 0 Å². The van der Waals surface area contributed by atoms with Gasteiger partial charge in [0.2, 0.25) is 0 Å². The highest BCUT2D eigenvalue weighted by atomic mass is 19.1. The molecule has 0 aliphatic carbocycles. The van der Waals surface area contributed by atoms with Gasteiger partial charge in [0.15, 0.2) is 11.6 Å². The van der Waals surface area contributed by atoms with Crippen molar-refractivity contribution in [3.63, 3.8) is 0 Å². The number of carboxylic acid groups (broad SMARTS) is 1. The summed E-state index contributed by atoms with van der Waals surface area (Å²) in [6.07, 6.45) is 1.40. The molecule has 6 heteroatoms. The normalized spacial score (nSPS) is 10.5. The Hall–Kier alpha value is -2.24. The largest absolute Gasteiger partial charge is 0.478 e. The van der Waals surface area contributed by atoms with E-state index in [1.165, 1.54) is 6.20 Å². The molecule has 0 radical (unpaired) electrons. The Kier molecular flexibility index (Phi) is 2.63. The van der Waals surface area contributed by atoms with Crippen molar-refractivity contribution in [2.45, 2.75) is 6.92 Å². The van der Waals surface area contributed by atoms with Crippen molar-refractivity contribution in [3.05, 3.63) is 47.3 Å². The second kappa shape index (κ2) is 3.97. The van der Waals surface area contributed by atoms with Crippen LogP contribution in [0.2, 0.25) is 0 Å². The zero-order valence-corrected chi connectivity index (χ0v) is 8.82. The standard InChI is InChI=1S/C11H8F2N2O2/c1-6-2-3-15(14-6)10-8(12)4-7(11(16)17)5-9(10)13/h2-5H,1H3,(H,16,17). The number of halogens is 2.